The van der Waals surface area contributed by atoms with Crippen LogP contribution in [0.5, 0.6) is 0 Å². The van der Waals surface area contributed by atoms with Crippen LogP contribution < -0.4 is 5.32 Å². The molecule has 0 aliphatic carbocycles. The van der Waals surface area contributed by atoms with Gasteiger partial charge in [-0.05, 0) is 6.92 Å². The van der Waals surface area contributed by atoms with Gasteiger partial charge in [-0.15, -0.1) is 11.8 Å². The monoisotopic (exact) mass is 510 g/mol. The number of β-lactam (4-membered cyclic amide) rings is 1. The molecule has 10 nitrogen and oxygen atoms in total. The quantitative estimate of drug-likeness (QED) is 0.417. The lowest BCUT2D eigenvalue weighted by Crippen LogP contribution is -2.70. The van der Waals surface area contributed by atoms with Crippen LogP contribution in [0.25, 0.3) is 0 Å². The van der Waals surface area contributed by atoms with Gasteiger partial charge >= 0.3 is 18.1 Å². The Bertz CT molecular complexity index is 1060. The molecule has 1 aromatic rings. The molecule has 0 radical (unpaired) electrons. The lowest BCUT2D eigenvalue weighted by molar-refractivity contribution is -0.151. The number of halogens is 4. The van der Waals surface area contributed by atoms with Crippen molar-refractivity contribution in [2.24, 2.45) is 0 Å². The van der Waals surface area contributed by atoms with Crippen LogP contribution in [0, 0.1) is 6.92 Å². The van der Waals surface area contributed by atoms with Gasteiger partial charge in [0.2, 0.25) is 5.91 Å². The highest BCUT2D eigenvalue weighted by atomic mass is 35.5. The van der Waals surface area contributed by atoms with Crippen molar-refractivity contribution in [1.82, 2.24) is 20.0 Å². The van der Waals surface area contributed by atoms with Crippen molar-refractivity contribution in [3.8, 4) is 0 Å². The summed E-state index contributed by atoms with van der Waals surface area (Å²) in [6.45, 7) is 2.02. The van der Waals surface area contributed by atoms with Crippen molar-refractivity contribution in [1.29, 1.82) is 0 Å². The minimum absolute atomic E-state index is 0.0436. The Labute approximate surface area is 194 Å². The number of thioether (sulfide) groups is 1. The summed E-state index contributed by atoms with van der Waals surface area (Å²) >= 11 is 6.87. The van der Waals surface area contributed by atoms with E-state index < -0.39 is 52.1 Å². The fraction of sp³-hybridized carbons (Fsp3) is 0.500. The molecule has 0 spiro atoms. The number of aliphatic carboxylic acids is 1. The molecule has 3 rings (SSSR count). The van der Waals surface area contributed by atoms with Crippen LogP contribution in [-0.4, -0.2) is 67.3 Å². The summed E-state index contributed by atoms with van der Waals surface area (Å²) in [5.41, 5.74) is -1.24. The van der Waals surface area contributed by atoms with E-state index in [2.05, 4.69) is 10.4 Å². The normalized spacial score (nSPS) is 20.3. The molecule has 2 aliphatic heterocycles. The van der Waals surface area contributed by atoms with E-state index in [0.717, 1.165) is 9.58 Å². The number of alkyl halides is 3. The minimum Gasteiger partial charge on any atom is -0.477 e. The molecule has 33 heavy (non-hydrogen) atoms. The number of nitrogens with zero attached hydrogens (tertiary/aromatic N) is 3. The van der Waals surface area contributed by atoms with Crippen molar-refractivity contribution in [2.75, 3.05) is 12.4 Å². The molecule has 180 valence electrons. The average Bonchev–Trinajstić information content (AvgIpc) is 3.02. The Balaban J connectivity index is 1.64. The molecular weight excluding hydrogens is 493 g/mol. The predicted octanol–water partition coefficient (Wildman–Crippen LogP) is 1.56. The Morgan fingerprint density at radius 1 is 1.36 bits per heavy atom. The molecule has 0 saturated carbocycles. The van der Waals surface area contributed by atoms with E-state index in [1.165, 1.54) is 25.6 Å². The number of amides is 2. The number of carboxylic acid groups (broad SMARTS) is 1. The van der Waals surface area contributed by atoms with E-state index in [1.54, 1.807) is 0 Å². The van der Waals surface area contributed by atoms with Gasteiger partial charge < -0.3 is 15.2 Å². The number of aromatic nitrogens is 2. The Hall–Kier alpha value is -2.74. The summed E-state index contributed by atoms with van der Waals surface area (Å²) in [6.07, 6.45) is -5.02. The molecule has 0 aromatic carbocycles. The number of hydrogen-bond donors (Lipinski definition) is 2. The first-order valence-corrected chi connectivity index (χ1v) is 10.9. The molecular formula is C18H18ClF3N4O6S. The van der Waals surface area contributed by atoms with Gasteiger partial charge in [0.1, 0.15) is 23.7 Å². The minimum atomic E-state index is -4.74. The third kappa shape index (κ3) is 4.95. The molecule has 0 bridgehead atoms. The van der Waals surface area contributed by atoms with Gasteiger partial charge in [0.25, 0.3) is 5.91 Å². The van der Waals surface area contributed by atoms with Crippen molar-refractivity contribution >= 4 is 47.1 Å². The number of nitrogens with one attached hydrogen (secondary N) is 1. The molecule has 2 atom stereocenters. The third-order valence-electron chi connectivity index (χ3n) is 4.97. The smallest absolute Gasteiger partial charge is 0.436 e. The van der Waals surface area contributed by atoms with E-state index in [9.17, 15) is 37.5 Å². The summed E-state index contributed by atoms with van der Waals surface area (Å²) in [5, 5.41) is 14.2. The number of fused-ring (bicyclic) bond motifs is 1. The van der Waals surface area contributed by atoms with Crippen LogP contribution >= 0.6 is 23.4 Å². The van der Waals surface area contributed by atoms with Crippen molar-refractivity contribution in [2.45, 2.75) is 44.4 Å². The number of esters is 1. The zero-order chi connectivity index (χ0) is 24.7. The van der Waals surface area contributed by atoms with Gasteiger partial charge in [-0.1, -0.05) is 11.6 Å². The molecule has 1 aromatic heterocycles. The van der Waals surface area contributed by atoms with Crippen molar-refractivity contribution in [3.63, 3.8) is 0 Å². The fourth-order valence-corrected chi connectivity index (χ4v) is 4.93. The number of hydrogen-bond acceptors (Lipinski definition) is 7. The van der Waals surface area contributed by atoms with Gasteiger partial charge in [0.05, 0.1) is 17.3 Å². The van der Waals surface area contributed by atoms with Crippen molar-refractivity contribution in [3.05, 3.63) is 27.7 Å². The maximum absolute atomic E-state index is 12.9. The van der Waals surface area contributed by atoms with Crippen LogP contribution in [-0.2, 0) is 36.6 Å². The second-order valence-electron chi connectivity index (χ2n) is 7.21. The summed E-state index contributed by atoms with van der Waals surface area (Å²) in [4.78, 5) is 48.6. The Kier molecular flexibility index (Phi) is 6.98. The van der Waals surface area contributed by atoms with Gasteiger partial charge in [0.15, 0.2) is 5.69 Å². The van der Waals surface area contributed by atoms with Gasteiger partial charge in [-0.3, -0.25) is 24.0 Å². The molecule has 1 saturated heterocycles. The highest BCUT2D eigenvalue weighted by molar-refractivity contribution is 8.00. The van der Waals surface area contributed by atoms with E-state index in [0.29, 0.717) is 0 Å². The summed E-state index contributed by atoms with van der Waals surface area (Å²) < 4.78 is 44.6. The Morgan fingerprint density at radius 3 is 2.58 bits per heavy atom. The first-order valence-electron chi connectivity index (χ1n) is 9.45. The SMILES string of the molecule is CC(=O)OCC1=C(C(=O)O)N2C(=O)[C@@H](NC(=O)CCn3nc(C(F)(F)F)c(Cl)c3C)[C@H]2SC1. The van der Waals surface area contributed by atoms with Gasteiger partial charge in [0, 0.05) is 24.7 Å². The predicted molar refractivity (Wildman–Crippen MR) is 108 cm³/mol. The molecule has 0 unspecified atom stereocenters. The molecule has 2 N–H and O–H groups in total. The first-order chi connectivity index (χ1) is 15.3. The highest BCUT2D eigenvalue weighted by Gasteiger charge is 2.54. The summed E-state index contributed by atoms with van der Waals surface area (Å²) in [7, 11) is 0. The van der Waals surface area contributed by atoms with Gasteiger partial charge in [-0.25, -0.2) is 4.79 Å². The lowest BCUT2D eigenvalue weighted by Gasteiger charge is -2.49. The van der Waals surface area contributed by atoms with Crippen LogP contribution in [0.1, 0.15) is 24.7 Å². The van der Waals surface area contributed by atoms with Crippen LogP contribution in [0.15, 0.2) is 11.3 Å². The molecule has 2 amide bonds. The average molecular weight is 511 g/mol. The second kappa shape index (κ2) is 9.25. The van der Waals surface area contributed by atoms with Crippen LogP contribution in [0.3, 0.4) is 0 Å². The number of ether oxygens (including phenoxy) is 1. The lowest BCUT2D eigenvalue weighted by atomic mass is 10.0. The van der Waals surface area contributed by atoms with Gasteiger partial charge in [-0.2, -0.15) is 18.3 Å². The molecule has 15 heteroatoms. The third-order valence-corrected chi connectivity index (χ3v) is 6.76. The first kappa shape index (κ1) is 24.9. The zero-order valence-electron chi connectivity index (χ0n) is 17.2. The molecule has 2 aliphatic rings. The van der Waals surface area contributed by atoms with E-state index in [4.69, 9.17) is 16.3 Å². The maximum atomic E-state index is 12.9. The number of rotatable bonds is 7. The van der Waals surface area contributed by atoms with Crippen molar-refractivity contribution < 1.29 is 42.2 Å². The summed E-state index contributed by atoms with van der Waals surface area (Å²) in [5.74, 6) is -3.08. The molecule has 3 heterocycles. The highest BCUT2D eigenvalue weighted by Crippen LogP contribution is 2.40. The van der Waals surface area contributed by atoms with E-state index >= 15 is 0 Å². The van der Waals surface area contributed by atoms with Crippen LogP contribution in [0.4, 0.5) is 13.2 Å². The second-order valence-corrected chi connectivity index (χ2v) is 8.69. The van der Waals surface area contributed by atoms with E-state index in [-0.39, 0.29) is 42.3 Å². The maximum Gasteiger partial charge on any atom is 0.436 e. The number of aryl methyl sites for hydroxylation is 1. The standard InChI is InChI=1S/C18H18ClF3N4O6S/c1-7-11(19)14(18(20,21)22)24-25(7)4-3-10(28)23-12-15(29)26-13(17(30)31)9(5-32-8(2)27)6-33-16(12)26/h12,16H,3-6H2,1-2H3,(H,23,28)(H,30,31)/t12-,16-/m1/s1. The number of carbonyl (C=O) groups is 4. The molecule has 1 fully saturated rings. The van der Waals surface area contributed by atoms with Crippen LogP contribution in [0.2, 0.25) is 5.02 Å². The fourth-order valence-electron chi connectivity index (χ4n) is 3.36. The largest absolute Gasteiger partial charge is 0.477 e. The topological polar surface area (TPSA) is 131 Å². The zero-order valence-corrected chi connectivity index (χ0v) is 18.8. The Morgan fingerprint density at radius 2 is 2.03 bits per heavy atom. The number of carbonyl (C=O) groups excluding carboxylic acids is 3. The number of carboxylic acids is 1. The summed E-state index contributed by atoms with van der Waals surface area (Å²) in [6, 6.07) is -1.000. The van der Waals surface area contributed by atoms with E-state index in [1.807, 2.05) is 0 Å².